The molecule has 2 aromatic heterocycles. The molecule has 2 heterocycles. The van der Waals surface area contributed by atoms with Crippen LogP contribution < -0.4 is 15.8 Å². The fourth-order valence-corrected chi connectivity index (χ4v) is 3.73. The number of rotatable bonds is 3. The zero-order valence-electron chi connectivity index (χ0n) is 14.2. The van der Waals surface area contributed by atoms with Gasteiger partial charge in [-0.15, -0.1) is 0 Å². The van der Waals surface area contributed by atoms with Gasteiger partial charge in [-0.05, 0) is 37.3 Å². The maximum Gasteiger partial charge on any atom is 0.276 e. The molecule has 3 N–H and O–H groups in total. The van der Waals surface area contributed by atoms with E-state index in [0.29, 0.717) is 16.5 Å². The average Bonchev–Trinajstić information content (AvgIpc) is 3.03. The van der Waals surface area contributed by atoms with Gasteiger partial charge in [0.25, 0.3) is 5.91 Å². The minimum absolute atomic E-state index is 0.310. The van der Waals surface area contributed by atoms with Gasteiger partial charge in [-0.1, -0.05) is 23.5 Å². The summed E-state index contributed by atoms with van der Waals surface area (Å²) in [6, 6.07) is 12.9. The van der Waals surface area contributed by atoms with Crippen LogP contribution in [0.3, 0.4) is 0 Å². The lowest BCUT2D eigenvalue weighted by Crippen LogP contribution is -2.14. The quantitative estimate of drug-likeness (QED) is 0.536. The number of fused-ring (bicyclic) bond motifs is 2. The molecule has 0 unspecified atom stereocenters. The van der Waals surface area contributed by atoms with Crippen LogP contribution in [0.2, 0.25) is 0 Å². The van der Waals surface area contributed by atoms with Crippen molar-refractivity contribution in [1.82, 2.24) is 9.97 Å². The third-order valence-electron chi connectivity index (χ3n) is 4.07. The van der Waals surface area contributed by atoms with E-state index in [0.717, 1.165) is 32.4 Å². The molecule has 4 aromatic rings. The van der Waals surface area contributed by atoms with E-state index < -0.39 is 0 Å². The lowest BCUT2D eigenvalue weighted by atomic mass is 10.1. The van der Waals surface area contributed by atoms with Crippen LogP contribution in [0.1, 0.15) is 16.2 Å². The van der Waals surface area contributed by atoms with Crippen LogP contribution in [0.4, 0.5) is 10.8 Å². The van der Waals surface area contributed by atoms with Gasteiger partial charge in [-0.2, -0.15) is 0 Å². The van der Waals surface area contributed by atoms with Gasteiger partial charge < -0.3 is 10.5 Å². The molecule has 0 aliphatic rings. The maximum atomic E-state index is 12.8. The zero-order valence-corrected chi connectivity index (χ0v) is 15.1. The van der Waals surface area contributed by atoms with E-state index in [-0.39, 0.29) is 5.91 Å². The van der Waals surface area contributed by atoms with Crippen molar-refractivity contribution in [3.8, 4) is 5.75 Å². The first-order valence-corrected chi connectivity index (χ1v) is 8.78. The number of amides is 1. The average molecular weight is 364 g/mol. The van der Waals surface area contributed by atoms with Gasteiger partial charge in [0, 0.05) is 22.2 Å². The molecular weight excluding hydrogens is 348 g/mol. The third kappa shape index (κ3) is 2.82. The lowest BCUT2D eigenvalue weighted by Gasteiger charge is -2.08. The number of hydrogen-bond acceptors (Lipinski definition) is 6. The summed E-state index contributed by atoms with van der Waals surface area (Å²) in [6.45, 7) is 1.84. The Bertz CT molecular complexity index is 1150. The summed E-state index contributed by atoms with van der Waals surface area (Å²) in [5.41, 5.74) is 8.53. The van der Waals surface area contributed by atoms with Crippen LogP contribution >= 0.6 is 11.3 Å². The van der Waals surface area contributed by atoms with Crippen molar-refractivity contribution in [3.05, 3.63) is 53.9 Å². The molecule has 0 radical (unpaired) electrons. The molecule has 0 fully saturated rings. The van der Waals surface area contributed by atoms with Crippen LogP contribution in [0.25, 0.3) is 21.0 Å². The van der Waals surface area contributed by atoms with Crippen LogP contribution in [-0.2, 0) is 0 Å². The number of benzene rings is 2. The number of thiazole rings is 1. The molecule has 0 atom stereocenters. The second-order valence-corrected chi connectivity index (χ2v) is 6.89. The molecule has 0 aliphatic heterocycles. The highest BCUT2D eigenvalue weighted by Gasteiger charge is 2.16. The van der Waals surface area contributed by atoms with Gasteiger partial charge in [-0.25, -0.2) is 9.97 Å². The Hall–Kier alpha value is -3.19. The van der Waals surface area contributed by atoms with E-state index in [4.69, 9.17) is 10.5 Å². The van der Waals surface area contributed by atoms with Crippen LogP contribution in [-0.4, -0.2) is 23.0 Å². The summed E-state index contributed by atoms with van der Waals surface area (Å²) in [4.78, 5) is 21.7. The van der Waals surface area contributed by atoms with Crippen molar-refractivity contribution in [2.75, 3.05) is 18.2 Å². The normalized spacial score (nSPS) is 11.0. The predicted octanol–water partition coefficient (Wildman–Crippen LogP) is 4.00. The van der Waals surface area contributed by atoms with Crippen LogP contribution in [0.5, 0.6) is 5.75 Å². The molecule has 130 valence electrons. The van der Waals surface area contributed by atoms with Gasteiger partial charge in [-0.3, -0.25) is 10.1 Å². The predicted molar refractivity (Wildman–Crippen MR) is 105 cm³/mol. The smallest absolute Gasteiger partial charge is 0.276 e. The minimum atomic E-state index is -0.310. The van der Waals surface area contributed by atoms with E-state index in [9.17, 15) is 4.79 Å². The van der Waals surface area contributed by atoms with E-state index in [2.05, 4.69) is 15.3 Å². The molecule has 0 saturated heterocycles. The Balaban J connectivity index is 1.73. The number of carbonyl (C=O) groups is 1. The lowest BCUT2D eigenvalue weighted by molar-refractivity contribution is 0.102. The number of aromatic nitrogens is 2. The first kappa shape index (κ1) is 16.3. The first-order chi connectivity index (χ1) is 12.5. The van der Waals surface area contributed by atoms with Gasteiger partial charge in [0.1, 0.15) is 11.4 Å². The molecule has 26 heavy (non-hydrogen) atoms. The summed E-state index contributed by atoms with van der Waals surface area (Å²) in [7, 11) is 1.62. The Kier molecular flexibility index (Phi) is 3.93. The molecule has 2 aromatic carbocycles. The number of nitrogens with two attached hydrogens (primary N) is 1. The SMILES string of the molecule is COc1ccc2nc(NC(=O)c3nc(C)cc4c(N)cccc34)sc2c1. The molecule has 0 bridgehead atoms. The van der Waals surface area contributed by atoms with Crippen molar-refractivity contribution >= 4 is 49.1 Å². The molecule has 0 saturated carbocycles. The van der Waals surface area contributed by atoms with Crippen LogP contribution in [0, 0.1) is 6.92 Å². The number of nitrogens with zero attached hydrogens (tertiary/aromatic N) is 2. The number of pyridine rings is 1. The second kappa shape index (κ2) is 6.27. The number of hydrogen-bond donors (Lipinski definition) is 2. The Labute approximate surface area is 153 Å². The molecule has 4 rings (SSSR count). The van der Waals surface area contributed by atoms with E-state index in [1.165, 1.54) is 11.3 Å². The standard InChI is InChI=1S/C19H16N4O2S/c1-10-8-13-12(4-3-5-14(13)20)17(21-10)18(24)23-19-22-15-7-6-11(25-2)9-16(15)26-19/h3-9H,20H2,1-2H3,(H,22,23,24). The monoisotopic (exact) mass is 364 g/mol. The summed E-state index contributed by atoms with van der Waals surface area (Å²) in [5.74, 6) is 0.441. The largest absolute Gasteiger partial charge is 0.497 e. The summed E-state index contributed by atoms with van der Waals surface area (Å²) >= 11 is 1.39. The highest BCUT2D eigenvalue weighted by molar-refractivity contribution is 7.22. The van der Waals surface area contributed by atoms with E-state index >= 15 is 0 Å². The molecule has 7 heteroatoms. The Morgan fingerprint density at radius 1 is 1.15 bits per heavy atom. The minimum Gasteiger partial charge on any atom is -0.497 e. The molecular formula is C19H16N4O2S. The maximum absolute atomic E-state index is 12.8. The topological polar surface area (TPSA) is 90.1 Å². The fraction of sp³-hybridized carbons (Fsp3) is 0.105. The van der Waals surface area contributed by atoms with Gasteiger partial charge >= 0.3 is 0 Å². The van der Waals surface area contributed by atoms with Crippen LogP contribution in [0.15, 0.2) is 42.5 Å². The first-order valence-electron chi connectivity index (χ1n) is 7.97. The number of nitrogen functional groups attached to an aromatic ring is 1. The fourth-order valence-electron chi connectivity index (χ4n) is 2.84. The molecule has 0 aliphatic carbocycles. The number of anilines is 2. The second-order valence-electron chi connectivity index (χ2n) is 5.86. The molecule has 1 amide bonds. The number of nitrogens with one attached hydrogen (secondary N) is 1. The number of aryl methyl sites for hydroxylation is 1. The highest BCUT2D eigenvalue weighted by atomic mass is 32.1. The van der Waals surface area contributed by atoms with Gasteiger partial charge in [0.05, 0.1) is 17.3 Å². The van der Waals surface area contributed by atoms with Crippen molar-refractivity contribution < 1.29 is 9.53 Å². The van der Waals surface area contributed by atoms with Gasteiger partial charge in [0.15, 0.2) is 5.13 Å². The van der Waals surface area contributed by atoms with E-state index in [1.54, 1.807) is 7.11 Å². The molecule has 6 nitrogen and oxygen atoms in total. The molecule has 0 spiro atoms. The summed E-state index contributed by atoms with van der Waals surface area (Å²) in [5, 5.41) is 4.90. The van der Waals surface area contributed by atoms with Crippen molar-refractivity contribution in [3.63, 3.8) is 0 Å². The Morgan fingerprint density at radius 2 is 2.00 bits per heavy atom. The summed E-state index contributed by atoms with van der Waals surface area (Å²) in [6.07, 6.45) is 0. The number of methoxy groups -OCH3 is 1. The number of ether oxygens (including phenoxy) is 1. The Morgan fingerprint density at radius 3 is 2.81 bits per heavy atom. The van der Waals surface area contributed by atoms with Gasteiger partial charge in [0.2, 0.25) is 0 Å². The highest BCUT2D eigenvalue weighted by Crippen LogP contribution is 2.30. The summed E-state index contributed by atoms with van der Waals surface area (Å²) < 4.78 is 6.16. The zero-order chi connectivity index (χ0) is 18.3. The number of carbonyl (C=O) groups excluding carboxylic acids is 1. The van der Waals surface area contributed by atoms with Crippen molar-refractivity contribution in [2.24, 2.45) is 0 Å². The van der Waals surface area contributed by atoms with Crippen molar-refractivity contribution in [2.45, 2.75) is 6.92 Å². The van der Waals surface area contributed by atoms with E-state index in [1.807, 2.05) is 49.4 Å². The third-order valence-corrected chi connectivity index (χ3v) is 5.00. The van der Waals surface area contributed by atoms with Crippen molar-refractivity contribution in [1.29, 1.82) is 0 Å².